The molecule has 0 saturated carbocycles. The molecule has 0 heterocycles. The smallest absolute Gasteiger partial charge is 0.258 e. The van der Waals surface area contributed by atoms with Crippen molar-refractivity contribution in [3.05, 3.63) is 21.7 Å². The van der Waals surface area contributed by atoms with Crippen molar-refractivity contribution in [2.24, 2.45) is 0 Å². The van der Waals surface area contributed by atoms with Crippen LogP contribution in [-0.2, 0) is 4.74 Å². The number of carbonyl (C=O) groups is 1. The number of nitrogens with one attached hydrogen (secondary N) is 1. The molecule has 0 aliphatic carbocycles. The lowest BCUT2D eigenvalue weighted by molar-refractivity contribution is 0.0942. The summed E-state index contributed by atoms with van der Waals surface area (Å²) in [7, 11) is 4.46. The van der Waals surface area contributed by atoms with Crippen molar-refractivity contribution in [3.63, 3.8) is 0 Å². The van der Waals surface area contributed by atoms with Crippen molar-refractivity contribution in [1.29, 1.82) is 0 Å². The molecule has 0 spiro atoms. The number of rotatable bonds is 7. The number of ether oxygens (including phenoxy) is 3. The van der Waals surface area contributed by atoms with Crippen LogP contribution in [-0.4, -0.2) is 40.4 Å². The van der Waals surface area contributed by atoms with E-state index in [1.165, 1.54) is 20.3 Å². The van der Waals surface area contributed by atoms with Gasteiger partial charge < -0.3 is 19.5 Å². The molecule has 0 radical (unpaired) electrons. The molecule has 20 heavy (non-hydrogen) atoms. The molecule has 0 aliphatic rings. The predicted octanol–water partition coefficient (Wildman–Crippen LogP) is 2.78. The van der Waals surface area contributed by atoms with Gasteiger partial charge in [-0.1, -0.05) is 23.2 Å². The van der Waals surface area contributed by atoms with Gasteiger partial charge in [-0.25, -0.2) is 0 Å². The molecule has 1 N–H and O–H groups in total. The van der Waals surface area contributed by atoms with Gasteiger partial charge in [0.05, 0.1) is 24.3 Å². The Kier molecular flexibility index (Phi) is 6.91. The van der Waals surface area contributed by atoms with Crippen LogP contribution in [0.25, 0.3) is 0 Å². The molecule has 1 aromatic rings. The number of methoxy groups -OCH3 is 3. The third-order valence-electron chi connectivity index (χ3n) is 2.59. The molecule has 0 fully saturated rings. The first-order chi connectivity index (χ1) is 9.56. The molecule has 1 amide bonds. The van der Waals surface area contributed by atoms with Gasteiger partial charge in [0, 0.05) is 20.3 Å². The second-order valence-electron chi connectivity index (χ2n) is 3.88. The van der Waals surface area contributed by atoms with E-state index in [0.29, 0.717) is 19.6 Å². The Morgan fingerprint density at radius 3 is 2.15 bits per heavy atom. The average Bonchev–Trinajstić information content (AvgIpc) is 2.42. The van der Waals surface area contributed by atoms with E-state index in [9.17, 15) is 4.79 Å². The summed E-state index contributed by atoms with van der Waals surface area (Å²) in [4.78, 5) is 12.2. The highest BCUT2D eigenvalue weighted by Gasteiger charge is 2.23. The number of halogens is 2. The second-order valence-corrected chi connectivity index (χ2v) is 4.70. The summed E-state index contributed by atoms with van der Waals surface area (Å²) < 4.78 is 15.2. The first-order valence-electron chi connectivity index (χ1n) is 5.93. The number of benzene rings is 1. The van der Waals surface area contributed by atoms with Gasteiger partial charge in [-0.3, -0.25) is 4.79 Å². The minimum absolute atomic E-state index is 0.185. The van der Waals surface area contributed by atoms with Crippen LogP contribution >= 0.6 is 23.2 Å². The zero-order chi connectivity index (χ0) is 15.1. The molecule has 1 rings (SSSR count). The minimum atomic E-state index is -0.362. The molecule has 0 saturated heterocycles. The van der Waals surface area contributed by atoms with Crippen LogP contribution in [0.15, 0.2) is 6.07 Å². The molecular formula is C13H17Cl2NO4. The third kappa shape index (κ3) is 3.91. The molecule has 0 aliphatic heterocycles. The van der Waals surface area contributed by atoms with Gasteiger partial charge in [0.2, 0.25) is 0 Å². The monoisotopic (exact) mass is 321 g/mol. The summed E-state index contributed by atoms with van der Waals surface area (Å²) in [5.74, 6) is 0.105. The highest BCUT2D eigenvalue weighted by molar-refractivity contribution is 6.37. The maximum Gasteiger partial charge on any atom is 0.258 e. The molecule has 5 nitrogen and oxygen atoms in total. The molecule has 0 bridgehead atoms. The van der Waals surface area contributed by atoms with E-state index in [1.807, 2.05) is 0 Å². The summed E-state index contributed by atoms with van der Waals surface area (Å²) >= 11 is 12.1. The van der Waals surface area contributed by atoms with E-state index in [-0.39, 0.29) is 33.0 Å². The van der Waals surface area contributed by atoms with Gasteiger partial charge >= 0.3 is 0 Å². The Balaban J connectivity index is 3.04. The van der Waals surface area contributed by atoms with Crippen LogP contribution in [0.5, 0.6) is 11.5 Å². The van der Waals surface area contributed by atoms with Crippen molar-refractivity contribution >= 4 is 29.1 Å². The highest BCUT2D eigenvalue weighted by Crippen LogP contribution is 2.40. The van der Waals surface area contributed by atoms with E-state index in [0.717, 1.165) is 0 Å². The van der Waals surface area contributed by atoms with E-state index in [4.69, 9.17) is 37.4 Å². The number of carbonyl (C=O) groups excluding carboxylic acids is 1. The largest absolute Gasteiger partial charge is 0.494 e. The zero-order valence-corrected chi connectivity index (χ0v) is 13.1. The van der Waals surface area contributed by atoms with Crippen molar-refractivity contribution in [2.45, 2.75) is 6.42 Å². The van der Waals surface area contributed by atoms with E-state index >= 15 is 0 Å². The molecule has 0 aromatic heterocycles. The molecule has 0 unspecified atom stereocenters. The summed E-state index contributed by atoms with van der Waals surface area (Å²) in [6.07, 6.45) is 0.696. The quantitative estimate of drug-likeness (QED) is 0.784. The fourth-order valence-electron chi connectivity index (χ4n) is 1.70. The predicted molar refractivity (Wildman–Crippen MR) is 78.4 cm³/mol. The second kappa shape index (κ2) is 8.19. The summed E-state index contributed by atoms with van der Waals surface area (Å²) in [6.45, 7) is 1.02. The Morgan fingerprint density at radius 2 is 1.70 bits per heavy atom. The van der Waals surface area contributed by atoms with Gasteiger partial charge in [0.1, 0.15) is 5.56 Å². The standard InChI is InChI=1S/C13H17Cl2NO4/c1-18-6-4-5-16-13(17)10-11(19-2)8(14)7-9(15)12(10)20-3/h7H,4-6H2,1-3H3,(H,16,17). The van der Waals surface area contributed by atoms with E-state index < -0.39 is 0 Å². The maximum absolute atomic E-state index is 12.2. The molecular weight excluding hydrogens is 305 g/mol. The van der Waals surface area contributed by atoms with Gasteiger partial charge in [-0.15, -0.1) is 0 Å². The maximum atomic E-state index is 12.2. The normalized spacial score (nSPS) is 10.2. The summed E-state index contributed by atoms with van der Waals surface area (Å²) in [5.41, 5.74) is 0.185. The lowest BCUT2D eigenvalue weighted by Crippen LogP contribution is -2.26. The third-order valence-corrected chi connectivity index (χ3v) is 3.15. The Morgan fingerprint density at radius 1 is 1.15 bits per heavy atom. The van der Waals surface area contributed by atoms with Crippen LogP contribution in [0, 0.1) is 0 Å². The molecule has 1 aromatic carbocycles. The molecule has 0 atom stereocenters. The van der Waals surface area contributed by atoms with Crippen LogP contribution in [0.3, 0.4) is 0 Å². The lowest BCUT2D eigenvalue weighted by atomic mass is 10.1. The zero-order valence-electron chi connectivity index (χ0n) is 11.6. The van der Waals surface area contributed by atoms with Crippen LogP contribution in [0.1, 0.15) is 16.8 Å². The lowest BCUT2D eigenvalue weighted by Gasteiger charge is -2.15. The Labute approximate surface area is 128 Å². The van der Waals surface area contributed by atoms with E-state index in [1.54, 1.807) is 7.11 Å². The first kappa shape index (κ1) is 16.9. The SMILES string of the molecule is COCCCNC(=O)c1c(OC)c(Cl)cc(Cl)c1OC. The van der Waals surface area contributed by atoms with Crippen LogP contribution in [0.4, 0.5) is 0 Å². The Hall–Kier alpha value is -1.17. The highest BCUT2D eigenvalue weighted by atomic mass is 35.5. The van der Waals surface area contributed by atoms with Crippen molar-refractivity contribution < 1.29 is 19.0 Å². The molecule has 7 heteroatoms. The van der Waals surface area contributed by atoms with Gasteiger partial charge in [0.15, 0.2) is 11.5 Å². The number of amides is 1. The fourth-order valence-corrected chi connectivity index (χ4v) is 2.31. The topological polar surface area (TPSA) is 56.8 Å². The van der Waals surface area contributed by atoms with Crippen LogP contribution < -0.4 is 14.8 Å². The Bertz CT molecular complexity index is 452. The summed E-state index contributed by atoms with van der Waals surface area (Å²) in [6, 6.07) is 1.47. The minimum Gasteiger partial charge on any atom is -0.494 e. The van der Waals surface area contributed by atoms with Gasteiger partial charge in [0.25, 0.3) is 5.91 Å². The first-order valence-corrected chi connectivity index (χ1v) is 6.69. The molecule has 112 valence electrons. The van der Waals surface area contributed by atoms with E-state index in [2.05, 4.69) is 5.32 Å². The number of hydrogen-bond acceptors (Lipinski definition) is 4. The van der Waals surface area contributed by atoms with Crippen LogP contribution in [0.2, 0.25) is 10.0 Å². The van der Waals surface area contributed by atoms with Crippen molar-refractivity contribution in [3.8, 4) is 11.5 Å². The van der Waals surface area contributed by atoms with Crippen molar-refractivity contribution in [1.82, 2.24) is 5.32 Å². The fraction of sp³-hybridized carbons (Fsp3) is 0.462. The number of hydrogen-bond donors (Lipinski definition) is 1. The van der Waals surface area contributed by atoms with Gasteiger partial charge in [-0.2, -0.15) is 0 Å². The average molecular weight is 322 g/mol. The van der Waals surface area contributed by atoms with Gasteiger partial charge in [-0.05, 0) is 12.5 Å². The van der Waals surface area contributed by atoms with Crippen molar-refractivity contribution in [2.75, 3.05) is 34.5 Å². The summed E-state index contributed by atoms with van der Waals surface area (Å²) in [5, 5.41) is 3.24.